The Morgan fingerprint density at radius 2 is 2.12 bits per heavy atom. The van der Waals surface area contributed by atoms with Crippen molar-refractivity contribution in [1.29, 1.82) is 0 Å². The van der Waals surface area contributed by atoms with Crippen LogP contribution in [0, 0.1) is 19.8 Å². The number of rotatable bonds is 6. The number of aliphatic imine (C=N–C) groups is 1. The quantitative estimate of drug-likeness (QED) is 0.601. The monoisotopic (exact) mass is 365 g/mol. The largest absolute Gasteiger partial charge is 0.356 e. The van der Waals surface area contributed by atoms with Gasteiger partial charge in [-0.25, -0.2) is 4.98 Å². The molecule has 6 heteroatoms. The SMILES string of the molecule is CN=C(NCCc1nc(C)c(C)s1)NCC(C)(C)N1CCCC(C)C1. The third-order valence-electron chi connectivity index (χ3n) is 5.13. The fourth-order valence-electron chi connectivity index (χ4n) is 3.31. The molecule has 25 heavy (non-hydrogen) atoms. The Morgan fingerprint density at radius 3 is 2.72 bits per heavy atom. The van der Waals surface area contributed by atoms with E-state index < -0.39 is 0 Å². The zero-order valence-electron chi connectivity index (χ0n) is 16.8. The summed E-state index contributed by atoms with van der Waals surface area (Å²) in [6.07, 6.45) is 3.61. The molecule has 0 radical (unpaired) electrons. The second-order valence-electron chi connectivity index (χ2n) is 7.86. The van der Waals surface area contributed by atoms with Crippen LogP contribution in [0.5, 0.6) is 0 Å². The van der Waals surface area contributed by atoms with Crippen molar-refractivity contribution in [2.45, 2.75) is 59.4 Å². The Bertz CT molecular complexity index is 559. The minimum absolute atomic E-state index is 0.135. The molecule has 1 aromatic rings. The van der Waals surface area contributed by atoms with Crippen molar-refractivity contribution >= 4 is 17.3 Å². The molecule has 1 aromatic heterocycles. The van der Waals surface area contributed by atoms with Gasteiger partial charge >= 0.3 is 0 Å². The van der Waals surface area contributed by atoms with Crippen LogP contribution in [-0.4, -0.2) is 54.6 Å². The molecule has 142 valence electrons. The molecule has 0 bridgehead atoms. The Balaban J connectivity index is 1.77. The maximum atomic E-state index is 4.60. The van der Waals surface area contributed by atoms with E-state index in [9.17, 15) is 0 Å². The second-order valence-corrected chi connectivity index (χ2v) is 9.15. The van der Waals surface area contributed by atoms with E-state index in [1.807, 2.05) is 7.05 Å². The number of aryl methyl sites for hydroxylation is 2. The first-order valence-electron chi connectivity index (χ1n) is 9.44. The number of nitrogens with one attached hydrogen (secondary N) is 2. The fraction of sp³-hybridized carbons (Fsp3) is 0.789. The molecule has 1 atom stereocenters. The van der Waals surface area contributed by atoms with Gasteiger partial charge in [0.05, 0.1) is 10.7 Å². The number of aromatic nitrogens is 1. The standard InChI is InChI=1S/C19H35N5S/c1-14-8-7-11-24(12-14)19(4,5)13-22-18(20-6)21-10-9-17-23-15(2)16(3)25-17/h14H,7-13H2,1-6H3,(H2,20,21,22). The van der Waals surface area contributed by atoms with E-state index in [1.165, 1.54) is 35.8 Å². The molecule has 1 aliphatic heterocycles. The maximum Gasteiger partial charge on any atom is 0.191 e. The second kappa shape index (κ2) is 8.99. The molecule has 2 heterocycles. The molecule has 0 amide bonds. The van der Waals surface area contributed by atoms with Crippen LogP contribution in [0.3, 0.4) is 0 Å². The highest BCUT2D eigenvalue weighted by Crippen LogP contribution is 2.23. The van der Waals surface area contributed by atoms with E-state index in [1.54, 1.807) is 11.3 Å². The van der Waals surface area contributed by atoms with E-state index in [-0.39, 0.29) is 5.54 Å². The molecular weight excluding hydrogens is 330 g/mol. The molecule has 1 saturated heterocycles. The lowest BCUT2D eigenvalue weighted by Gasteiger charge is -2.43. The Morgan fingerprint density at radius 1 is 1.36 bits per heavy atom. The molecule has 0 aromatic carbocycles. The van der Waals surface area contributed by atoms with Crippen molar-refractivity contribution in [3.05, 3.63) is 15.6 Å². The summed E-state index contributed by atoms with van der Waals surface area (Å²) in [5, 5.41) is 8.12. The lowest BCUT2D eigenvalue weighted by Crippen LogP contribution is -2.56. The van der Waals surface area contributed by atoms with Crippen LogP contribution in [0.4, 0.5) is 0 Å². The smallest absolute Gasteiger partial charge is 0.191 e. The summed E-state index contributed by atoms with van der Waals surface area (Å²) in [4.78, 5) is 12.9. The van der Waals surface area contributed by atoms with E-state index in [0.717, 1.165) is 37.1 Å². The predicted molar refractivity (Wildman–Crippen MR) is 109 cm³/mol. The number of hydrogen-bond acceptors (Lipinski definition) is 4. The van der Waals surface area contributed by atoms with Gasteiger partial charge < -0.3 is 10.6 Å². The zero-order valence-corrected chi connectivity index (χ0v) is 17.6. The molecule has 0 spiro atoms. The molecule has 2 N–H and O–H groups in total. The predicted octanol–water partition coefficient (Wildman–Crippen LogP) is 2.98. The third-order valence-corrected chi connectivity index (χ3v) is 6.26. The van der Waals surface area contributed by atoms with Crippen LogP contribution in [-0.2, 0) is 6.42 Å². The van der Waals surface area contributed by atoms with Crippen LogP contribution < -0.4 is 10.6 Å². The summed E-state index contributed by atoms with van der Waals surface area (Å²) in [5.74, 6) is 1.68. The fourth-order valence-corrected chi connectivity index (χ4v) is 4.24. The Hall–Kier alpha value is -1.14. The van der Waals surface area contributed by atoms with Crippen molar-refractivity contribution in [2.75, 3.05) is 33.2 Å². The van der Waals surface area contributed by atoms with Crippen molar-refractivity contribution in [1.82, 2.24) is 20.5 Å². The molecule has 1 fully saturated rings. The third kappa shape index (κ3) is 5.96. The van der Waals surface area contributed by atoms with Gasteiger partial charge in [0.15, 0.2) is 5.96 Å². The van der Waals surface area contributed by atoms with Crippen LogP contribution in [0.2, 0.25) is 0 Å². The number of nitrogens with zero attached hydrogens (tertiary/aromatic N) is 3. The zero-order chi connectivity index (χ0) is 18.4. The van der Waals surface area contributed by atoms with E-state index in [2.05, 4.69) is 60.1 Å². The topological polar surface area (TPSA) is 52.6 Å². The van der Waals surface area contributed by atoms with Gasteiger partial charge in [0.1, 0.15) is 0 Å². The van der Waals surface area contributed by atoms with Crippen molar-refractivity contribution in [3.63, 3.8) is 0 Å². The van der Waals surface area contributed by atoms with E-state index >= 15 is 0 Å². The molecule has 0 saturated carbocycles. The van der Waals surface area contributed by atoms with Gasteiger partial charge in [0.25, 0.3) is 0 Å². The Kier molecular flexibility index (Phi) is 7.25. The average Bonchev–Trinajstić information content (AvgIpc) is 2.89. The summed E-state index contributed by atoms with van der Waals surface area (Å²) in [7, 11) is 1.84. The molecular formula is C19H35N5S. The number of likely N-dealkylation sites (tertiary alicyclic amines) is 1. The first kappa shape index (κ1) is 20.2. The highest BCUT2D eigenvalue weighted by atomic mass is 32.1. The van der Waals surface area contributed by atoms with Gasteiger partial charge in [0, 0.05) is 43.5 Å². The molecule has 1 unspecified atom stereocenters. The highest BCUT2D eigenvalue weighted by molar-refractivity contribution is 7.11. The van der Waals surface area contributed by atoms with Crippen LogP contribution in [0.15, 0.2) is 4.99 Å². The van der Waals surface area contributed by atoms with Crippen LogP contribution in [0.1, 0.15) is 49.2 Å². The van der Waals surface area contributed by atoms with E-state index in [4.69, 9.17) is 0 Å². The first-order valence-corrected chi connectivity index (χ1v) is 10.3. The van der Waals surface area contributed by atoms with E-state index in [0.29, 0.717) is 0 Å². The van der Waals surface area contributed by atoms with Crippen LogP contribution >= 0.6 is 11.3 Å². The summed E-state index contributed by atoms with van der Waals surface area (Å²) < 4.78 is 0. The highest BCUT2D eigenvalue weighted by Gasteiger charge is 2.30. The van der Waals surface area contributed by atoms with Gasteiger partial charge in [-0.3, -0.25) is 9.89 Å². The number of piperidine rings is 1. The molecule has 1 aliphatic rings. The van der Waals surface area contributed by atoms with Gasteiger partial charge in [-0.15, -0.1) is 11.3 Å². The van der Waals surface area contributed by atoms with Gasteiger partial charge in [-0.05, 0) is 53.0 Å². The maximum absolute atomic E-state index is 4.60. The van der Waals surface area contributed by atoms with Crippen molar-refractivity contribution in [3.8, 4) is 0 Å². The van der Waals surface area contributed by atoms with Gasteiger partial charge in [0.2, 0.25) is 0 Å². The first-order chi connectivity index (χ1) is 11.8. The minimum Gasteiger partial charge on any atom is -0.356 e. The summed E-state index contributed by atoms with van der Waals surface area (Å²) in [6, 6.07) is 0. The van der Waals surface area contributed by atoms with Gasteiger partial charge in [-0.2, -0.15) is 0 Å². The molecule has 0 aliphatic carbocycles. The Labute approximate surface area is 157 Å². The normalized spacial score (nSPS) is 19.9. The molecule has 5 nitrogen and oxygen atoms in total. The number of thiazole rings is 1. The summed E-state index contributed by atoms with van der Waals surface area (Å²) in [6.45, 7) is 15.4. The average molecular weight is 366 g/mol. The minimum atomic E-state index is 0.135. The van der Waals surface area contributed by atoms with Gasteiger partial charge in [-0.1, -0.05) is 6.92 Å². The summed E-state index contributed by atoms with van der Waals surface area (Å²) >= 11 is 1.79. The van der Waals surface area contributed by atoms with Crippen molar-refractivity contribution < 1.29 is 0 Å². The molecule has 2 rings (SSSR count). The lowest BCUT2D eigenvalue weighted by molar-refractivity contribution is 0.0739. The lowest BCUT2D eigenvalue weighted by atomic mass is 9.93. The number of guanidine groups is 1. The summed E-state index contributed by atoms with van der Waals surface area (Å²) in [5.41, 5.74) is 1.29. The van der Waals surface area contributed by atoms with Crippen molar-refractivity contribution in [2.24, 2.45) is 10.9 Å². The number of hydrogen-bond donors (Lipinski definition) is 2. The van der Waals surface area contributed by atoms with Crippen LogP contribution in [0.25, 0.3) is 0 Å².